The number of aromatic nitrogens is 2. The maximum absolute atomic E-state index is 12.9. The SMILES string of the molecule is CCOC(=O)c1ccc(NC(=O)N2CCN(c3nc(Cc4cccc(OC)c4)ns3)CC2C)cc1. The summed E-state index contributed by atoms with van der Waals surface area (Å²) in [5.41, 5.74) is 2.18. The Kier molecular flexibility index (Phi) is 7.81. The Labute approximate surface area is 208 Å². The van der Waals surface area contributed by atoms with E-state index in [1.807, 2.05) is 36.1 Å². The number of hydrogen-bond donors (Lipinski definition) is 1. The predicted octanol–water partition coefficient (Wildman–Crippen LogP) is 4.06. The Morgan fingerprint density at radius 2 is 1.97 bits per heavy atom. The first kappa shape index (κ1) is 24.5. The summed E-state index contributed by atoms with van der Waals surface area (Å²) in [6.45, 7) is 6.02. The highest BCUT2D eigenvalue weighted by atomic mass is 32.1. The first-order chi connectivity index (χ1) is 17.0. The zero-order valence-electron chi connectivity index (χ0n) is 20.1. The first-order valence-corrected chi connectivity index (χ1v) is 12.3. The highest BCUT2D eigenvalue weighted by Crippen LogP contribution is 2.24. The molecule has 0 radical (unpaired) electrons. The van der Waals surface area contributed by atoms with Crippen LogP contribution in [0.1, 0.15) is 35.6 Å². The largest absolute Gasteiger partial charge is 0.497 e. The number of nitrogens with zero attached hydrogens (tertiary/aromatic N) is 4. The number of urea groups is 1. The van der Waals surface area contributed by atoms with Crippen LogP contribution >= 0.6 is 11.5 Å². The molecule has 35 heavy (non-hydrogen) atoms. The van der Waals surface area contributed by atoms with Gasteiger partial charge in [0.1, 0.15) is 11.6 Å². The Balaban J connectivity index is 1.32. The van der Waals surface area contributed by atoms with Crippen LogP contribution < -0.4 is 15.0 Å². The van der Waals surface area contributed by atoms with Gasteiger partial charge in [-0.15, -0.1) is 0 Å². The van der Waals surface area contributed by atoms with Gasteiger partial charge in [0, 0.05) is 49.3 Å². The van der Waals surface area contributed by atoms with Crippen molar-refractivity contribution in [3.63, 3.8) is 0 Å². The summed E-state index contributed by atoms with van der Waals surface area (Å²) in [6, 6.07) is 14.4. The predicted molar refractivity (Wildman–Crippen MR) is 136 cm³/mol. The third-order valence-electron chi connectivity index (χ3n) is 5.76. The third-order valence-corrected chi connectivity index (χ3v) is 6.57. The van der Waals surface area contributed by atoms with E-state index in [1.54, 1.807) is 38.3 Å². The summed E-state index contributed by atoms with van der Waals surface area (Å²) in [5, 5.41) is 3.78. The number of methoxy groups -OCH3 is 1. The summed E-state index contributed by atoms with van der Waals surface area (Å²) < 4.78 is 14.8. The summed E-state index contributed by atoms with van der Waals surface area (Å²) >= 11 is 1.38. The summed E-state index contributed by atoms with van der Waals surface area (Å²) in [7, 11) is 1.65. The first-order valence-electron chi connectivity index (χ1n) is 11.5. The van der Waals surface area contributed by atoms with Crippen LogP contribution in [0.5, 0.6) is 5.75 Å². The Hall–Kier alpha value is -3.66. The standard InChI is InChI=1S/C25H29N5O4S/c1-4-34-23(31)19-8-10-20(11-9-19)26-24(32)30-13-12-29(16-17(30)2)25-27-22(28-35-25)15-18-6-5-7-21(14-18)33-3/h5-11,14,17H,4,12-13,15-16H2,1-3H3,(H,26,32). The molecule has 1 unspecified atom stereocenters. The molecule has 2 heterocycles. The van der Waals surface area contributed by atoms with Crippen LogP contribution in [0.3, 0.4) is 0 Å². The van der Waals surface area contributed by atoms with E-state index >= 15 is 0 Å². The molecule has 2 amide bonds. The Bertz CT molecular complexity index is 1170. The van der Waals surface area contributed by atoms with Crippen LogP contribution in [0.15, 0.2) is 48.5 Å². The van der Waals surface area contributed by atoms with Crippen LogP contribution in [0.25, 0.3) is 0 Å². The average molecular weight is 496 g/mol. The van der Waals surface area contributed by atoms with Crippen LogP contribution in [0.4, 0.5) is 15.6 Å². The summed E-state index contributed by atoms with van der Waals surface area (Å²) in [6.07, 6.45) is 0.639. The fourth-order valence-electron chi connectivity index (χ4n) is 3.94. The van der Waals surface area contributed by atoms with Crippen molar-refractivity contribution < 1.29 is 19.1 Å². The molecule has 0 saturated carbocycles. The monoisotopic (exact) mass is 495 g/mol. The second kappa shape index (κ2) is 11.2. The van der Waals surface area contributed by atoms with E-state index in [4.69, 9.17) is 14.5 Å². The second-order valence-electron chi connectivity index (χ2n) is 8.24. The number of benzene rings is 2. The van der Waals surface area contributed by atoms with Crippen molar-refractivity contribution in [1.82, 2.24) is 14.3 Å². The van der Waals surface area contributed by atoms with E-state index in [2.05, 4.69) is 14.6 Å². The molecule has 1 atom stereocenters. The van der Waals surface area contributed by atoms with Crippen molar-refractivity contribution in [2.75, 3.05) is 43.6 Å². The molecular formula is C25H29N5O4S. The minimum atomic E-state index is -0.376. The van der Waals surface area contributed by atoms with E-state index in [-0.39, 0.29) is 18.0 Å². The van der Waals surface area contributed by atoms with E-state index in [0.29, 0.717) is 43.9 Å². The van der Waals surface area contributed by atoms with E-state index in [0.717, 1.165) is 22.3 Å². The number of carbonyl (C=O) groups excluding carboxylic acids is 2. The molecule has 1 fully saturated rings. The molecule has 0 spiro atoms. The van der Waals surface area contributed by atoms with Gasteiger partial charge in [-0.1, -0.05) is 12.1 Å². The molecule has 4 rings (SSSR count). The summed E-state index contributed by atoms with van der Waals surface area (Å²) in [5.74, 6) is 1.21. The zero-order chi connectivity index (χ0) is 24.8. The lowest BCUT2D eigenvalue weighted by Gasteiger charge is -2.39. The quantitative estimate of drug-likeness (QED) is 0.494. The summed E-state index contributed by atoms with van der Waals surface area (Å²) in [4.78, 5) is 33.4. The van der Waals surface area contributed by atoms with Crippen molar-refractivity contribution in [3.05, 3.63) is 65.5 Å². The van der Waals surface area contributed by atoms with Crippen molar-refractivity contribution >= 4 is 34.4 Å². The fraction of sp³-hybridized carbons (Fsp3) is 0.360. The molecule has 0 aliphatic carbocycles. The van der Waals surface area contributed by atoms with Gasteiger partial charge in [0.05, 0.1) is 19.3 Å². The van der Waals surface area contributed by atoms with Gasteiger partial charge in [-0.05, 0) is 55.8 Å². The van der Waals surface area contributed by atoms with Crippen LogP contribution in [-0.2, 0) is 11.2 Å². The molecular weight excluding hydrogens is 466 g/mol. The lowest BCUT2D eigenvalue weighted by molar-refractivity contribution is 0.0526. The normalized spacial score (nSPS) is 15.6. The molecule has 1 saturated heterocycles. The minimum absolute atomic E-state index is 0.00621. The van der Waals surface area contributed by atoms with E-state index in [9.17, 15) is 9.59 Å². The number of rotatable bonds is 7. The van der Waals surface area contributed by atoms with Crippen molar-refractivity contribution in [2.45, 2.75) is 26.3 Å². The number of anilines is 2. The van der Waals surface area contributed by atoms with Gasteiger partial charge in [-0.25, -0.2) is 14.6 Å². The molecule has 184 valence electrons. The molecule has 1 N–H and O–H groups in total. The lowest BCUT2D eigenvalue weighted by atomic mass is 10.1. The lowest BCUT2D eigenvalue weighted by Crippen LogP contribution is -2.55. The van der Waals surface area contributed by atoms with Crippen LogP contribution in [0, 0.1) is 0 Å². The van der Waals surface area contributed by atoms with Gasteiger partial charge in [0.15, 0.2) is 0 Å². The van der Waals surface area contributed by atoms with E-state index < -0.39 is 0 Å². The molecule has 1 aromatic heterocycles. The molecule has 2 aromatic carbocycles. The number of nitrogens with one attached hydrogen (secondary N) is 1. The molecule has 9 nitrogen and oxygen atoms in total. The zero-order valence-corrected chi connectivity index (χ0v) is 20.9. The third kappa shape index (κ3) is 6.07. The number of hydrogen-bond acceptors (Lipinski definition) is 8. The maximum atomic E-state index is 12.9. The number of esters is 1. The number of amides is 2. The minimum Gasteiger partial charge on any atom is -0.497 e. The van der Waals surface area contributed by atoms with Crippen molar-refractivity contribution in [2.24, 2.45) is 0 Å². The molecule has 1 aliphatic rings. The topological polar surface area (TPSA) is 96.9 Å². The highest BCUT2D eigenvalue weighted by Gasteiger charge is 2.29. The molecule has 3 aromatic rings. The number of piperazine rings is 1. The Morgan fingerprint density at radius 1 is 1.17 bits per heavy atom. The molecule has 0 bridgehead atoms. The van der Waals surface area contributed by atoms with Gasteiger partial charge < -0.3 is 24.6 Å². The van der Waals surface area contributed by atoms with E-state index in [1.165, 1.54) is 11.5 Å². The van der Waals surface area contributed by atoms with Gasteiger partial charge in [-0.2, -0.15) is 4.37 Å². The maximum Gasteiger partial charge on any atom is 0.338 e. The average Bonchev–Trinajstić information content (AvgIpc) is 3.33. The smallest absolute Gasteiger partial charge is 0.338 e. The van der Waals surface area contributed by atoms with Crippen molar-refractivity contribution in [1.29, 1.82) is 0 Å². The van der Waals surface area contributed by atoms with Gasteiger partial charge >= 0.3 is 12.0 Å². The highest BCUT2D eigenvalue weighted by molar-refractivity contribution is 7.09. The van der Waals surface area contributed by atoms with Gasteiger partial charge in [0.2, 0.25) is 5.13 Å². The van der Waals surface area contributed by atoms with Crippen LogP contribution in [-0.4, -0.2) is 65.7 Å². The second-order valence-corrected chi connectivity index (χ2v) is 8.97. The van der Waals surface area contributed by atoms with Crippen molar-refractivity contribution in [3.8, 4) is 5.75 Å². The Morgan fingerprint density at radius 3 is 2.69 bits per heavy atom. The fourth-order valence-corrected chi connectivity index (χ4v) is 4.66. The van der Waals surface area contributed by atoms with Crippen LogP contribution in [0.2, 0.25) is 0 Å². The van der Waals surface area contributed by atoms with Gasteiger partial charge in [0.25, 0.3) is 0 Å². The van der Waals surface area contributed by atoms with Gasteiger partial charge in [-0.3, -0.25) is 0 Å². The number of carbonyl (C=O) groups is 2. The number of ether oxygens (including phenoxy) is 2. The molecule has 1 aliphatic heterocycles. The molecule has 10 heteroatoms.